The fourth-order valence-corrected chi connectivity index (χ4v) is 2.18. The third kappa shape index (κ3) is 5.13. The van der Waals surface area contributed by atoms with Crippen molar-refractivity contribution in [2.75, 3.05) is 23.8 Å². The molecule has 2 aromatic rings. The quantitative estimate of drug-likeness (QED) is 0.718. The minimum Gasteiger partial charge on any atom is -0.490 e. The number of hydrogen-bond acceptors (Lipinski definition) is 4. The Morgan fingerprint density at radius 2 is 1.48 bits per heavy atom. The number of nitrogens with two attached hydrogens (primary N) is 1. The molecule has 7 nitrogen and oxygen atoms in total. The van der Waals surface area contributed by atoms with Crippen LogP contribution in [0.4, 0.5) is 16.2 Å². The number of urea groups is 1. The van der Waals surface area contributed by atoms with Crippen molar-refractivity contribution in [1.29, 1.82) is 0 Å². The van der Waals surface area contributed by atoms with Crippen molar-refractivity contribution in [3.8, 4) is 11.5 Å². The second-order valence-corrected chi connectivity index (χ2v) is 5.05. The molecule has 0 aliphatic heterocycles. The van der Waals surface area contributed by atoms with E-state index < -0.39 is 6.03 Å². The third-order valence-corrected chi connectivity index (χ3v) is 3.22. The first-order chi connectivity index (χ1) is 12.0. The molecule has 0 fully saturated rings. The van der Waals surface area contributed by atoms with Gasteiger partial charge in [0.05, 0.1) is 13.2 Å². The molecule has 0 aliphatic rings. The van der Waals surface area contributed by atoms with Crippen molar-refractivity contribution < 1.29 is 19.1 Å². The number of ether oxygens (including phenoxy) is 2. The van der Waals surface area contributed by atoms with Gasteiger partial charge in [-0.15, -0.1) is 0 Å². The van der Waals surface area contributed by atoms with Crippen LogP contribution in [0, 0.1) is 0 Å². The zero-order valence-corrected chi connectivity index (χ0v) is 14.2. The largest absolute Gasteiger partial charge is 0.490 e. The SMILES string of the molecule is CCOc1ccc(NC(=O)c2ccc(NC(N)=O)cc2)cc1OCC. The van der Waals surface area contributed by atoms with Crippen molar-refractivity contribution in [2.24, 2.45) is 5.73 Å². The highest BCUT2D eigenvalue weighted by atomic mass is 16.5. The summed E-state index contributed by atoms with van der Waals surface area (Å²) < 4.78 is 11.0. The molecule has 132 valence electrons. The molecular weight excluding hydrogens is 322 g/mol. The lowest BCUT2D eigenvalue weighted by Gasteiger charge is -2.13. The predicted octanol–water partition coefficient (Wildman–Crippen LogP) is 3.23. The smallest absolute Gasteiger partial charge is 0.316 e. The molecule has 2 rings (SSSR count). The van der Waals surface area contributed by atoms with Gasteiger partial charge in [-0.1, -0.05) is 0 Å². The Labute approximate surface area is 146 Å². The highest BCUT2D eigenvalue weighted by molar-refractivity contribution is 6.04. The first-order valence-corrected chi connectivity index (χ1v) is 7.91. The van der Waals surface area contributed by atoms with Gasteiger partial charge < -0.3 is 25.8 Å². The van der Waals surface area contributed by atoms with Crippen LogP contribution >= 0.6 is 0 Å². The molecule has 0 unspecified atom stereocenters. The summed E-state index contributed by atoms with van der Waals surface area (Å²) in [6.07, 6.45) is 0. The molecule has 2 aromatic carbocycles. The molecule has 3 amide bonds. The predicted molar refractivity (Wildman–Crippen MR) is 96.4 cm³/mol. The number of anilines is 2. The van der Waals surface area contributed by atoms with Gasteiger partial charge in [-0.2, -0.15) is 0 Å². The van der Waals surface area contributed by atoms with Crippen LogP contribution in [0.1, 0.15) is 24.2 Å². The van der Waals surface area contributed by atoms with Crippen molar-refractivity contribution in [3.05, 3.63) is 48.0 Å². The summed E-state index contributed by atoms with van der Waals surface area (Å²) >= 11 is 0. The van der Waals surface area contributed by atoms with E-state index in [0.717, 1.165) is 0 Å². The number of amides is 3. The third-order valence-electron chi connectivity index (χ3n) is 3.22. The van der Waals surface area contributed by atoms with Gasteiger partial charge in [-0.25, -0.2) is 4.79 Å². The maximum atomic E-state index is 12.3. The molecule has 0 aliphatic carbocycles. The van der Waals surface area contributed by atoms with Crippen LogP contribution in [0.3, 0.4) is 0 Å². The van der Waals surface area contributed by atoms with Crippen LogP contribution in [-0.4, -0.2) is 25.2 Å². The van der Waals surface area contributed by atoms with Gasteiger partial charge in [0.15, 0.2) is 11.5 Å². The first-order valence-electron chi connectivity index (χ1n) is 7.91. The molecule has 4 N–H and O–H groups in total. The van der Waals surface area contributed by atoms with Crippen molar-refractivity contribution in [1.82, 2.24) is 0 Å². The molecule has 0 aromatic heterocycles. The normalized spacial score (nSPS) is 10.0. The summed E-state index contributed by atoms with van der Waals surface area (Å²) in [5, 5.41) is 5.24. The zero-order valence-electron chi connectivity index (χ0n) is 14.2. The van der Waals surface area contributed by atoms with Gasteiger partial charge in [-0.3, -0.25) is 4.79 Å². The van der Waals surface area contributed by atoms with E-state index in [9.17, 15) is 9.59 Å². The Balaban J connectivity index is 2.11. The Kier molecular flexibility index (Phi) is 6.22. The molecule has 0 radical (unpaired) electrons. The van der Waals surface area contributed by atoms with Crippen molar-refractivity contribution in [2.45, 2.75) is 13.8 Å². The van der Waals surface area contributed by atoms with Gasteiger partial charge in [-0.05, 0) is 50.2 Å². The van der Waals surface area contributed by atoms with E-state index in [-0.39, 0.29) is 5.91 Å². The maximum absolute atomic E-state index is 12.3. The highest BCUT2D eigenvalue weighted by Gasteiger charge is 2.10. The Bertz CT molecular complexity index is 744. The zero-order chi connectivity index (χ0) is 18.2. The van der Waals surface area contributed by atoms with Crippen LogP contribution in [0.15, 0.2) is 42.5 Å². The van der Waals surface area contributed by atoms with Crippen molar-refractivity contribution in [3.63, 3.8) is 0 Å². The Morgan fingerprint density at radius 1 is 0.880 bits per heavy atom. The topological polar surface area (TPSA) is 103 Å². The number of nitrogens with one attached hydrogen (secondary N) is 2. The highest BCUT2D eigenvalue weighted by Crippen LogP contribution is 2.30. The number of carbonyl (C=O) groups is 2. The van der Waals surface area contributed by atoms with E-state index in [2.05, 4.69) is 10.6 Å². The van der Waals surface area contributed by atoms with E-state index in [1.54, 1.807) is 42.5 Å². The summed E-state index contributed by atoms with van der Waals surface area (Å²) in [5.41, 5.74) is 6.60. The fraction of sp³-hybridized carbons (Fsp3) is 0.222. The summed E-state index contributed by atoms with van der Waals surface area (Å²) in [6.45, 7) is 4.79. The molecule has 0 saturated heterocycles. The fourth-order valence-electron chi connectivity index (χ4n) is 2.18. The maximum Gasteiger partial charge on any atom is 0.316 e. The van der Waals surface area contributed by atoms with Gasteiger partial charge in [0.2, 0.25) is 0 Å². The van der Waals surface area contributed by atoms with E-state index in [1.807, 2.05) is 13.8 Å². The average molecular weight is 343 g/mol. The Morgan fingerprint density at radius 3 is 2.08 bits per heavy atom. The van der Waals surface area contributed by atoms with E-state index in [0.29, 0.717) is 41.7 Å². The molecular formula is C18H21N3O4. The summed E-state index contributed by atoms with van der Waals surface area (Å²) in [7, 11) is 0. The van der Waals surface area contributed by atoms with Gasteiger partial charge >= 0.3 is 6.03 Å². The average Bonchev–Trinajstić information content (AvgIpc) is 2.57. The second-order valence-electron chi connectivity index (χ2n) is 5.05. The molecule has 0 bridgehead atoms. The molecule has 0 atom stereocenters. The van der Waals surface area contributed by atoms with Crippen LogP contribution in [0.5, 0.6) is 11.5 Å². The summed E-state index contributed by atoms with van der Waals surface area (Å²) in [5.74, 6) is 0.921. The lowest BCUT2D eigenvalue weighted by molar-refractivity contribution is 0.102. The number of rotatable bonds is 7. The van der Waals surface area contributed by atoms with Crippen molar-refractivity contribution >= 4 is 23.3 Å². The number of hydrogen-bond donors (Lipinski definition) is 3. The summed E-state index contributed by atoms with van der Waals surface area (Å²) in [6, 6.07) is 11.0. The van der Waals surface area contributed by atoms with Gasteiger partial charge in [0.25, 0.3) is 5.91 Å². The second kappa shape index (κ2) is 8.58. The van der Waals surface area contributed by atoms with E-state index in [4.69, 9.17) is 15.2 Å². The standard InChI is InChI=1S/C18H21N3O4/c1-3-24-15-10-9-14(11-16(15)25-4-2)20-17(22)12-5-7-13(8-6-12)21-18(19)23/h5-11H,3-4H2,1-2H3,(H,20,22)(H3,19,21,23). The van der Waals surface area contributed by atoms with Crippen LogP contribution < -0.4 is 25.8 Å². The minimum absolute atomic E-state index is 0.280. The number of benzene rings is 2. The molecule has 25 heavy (non-hydrogen) atoms. The van der Waals surface area contributed by atoms with Crippen LogP contribution in [-0.2, 0) is 0 Å². The van der Waals surface area contributed by atoms with E-state index >= 15 is 0 Å². The number of primary amides is 1. The lowest BCUT2D eigenvalue weighted by Crippen LogP contribution is -2.19. The molecule has 0 saturated carbocycles. The van der Waals surface area contributed by atoms with E-state index in [1.165, 1.54) is 0 Å². The molecule has 0 heterocycles. The number of carbonyl (C=O) groups excluding carboxylic acids is 2. The van der Waals surface area contributed by atoms with Gasteiger partial charge in [0.1, 0.15) is 0 Å². The molecule has 0 spiro atoms. The Hall–Kier alpha value is -3.22. The molecule has 7 heteroatoms. The van der Waals surface area contributed by atoms with Gasteiger partial charge in [0, 0.05) is 23.0 Å². The van der Waals surface area contributed by atoms with Crippen LogP contribution in [0.2, 0.25) is 0 Å². The van der Waals surface area contributed by atoms with Crippen LogP contribution in [0.25, 0.3) is 0 Å². The minimum atomic E-state index is -0.657. The summed E-state index contributed by atoms with van der Waals surface area (Å²) in [4.78, 5) is 23.1. The lowest BCUT2D eigenvalue weighted by atomic mass is 10.2. The first kappa shape index (κ1) is 18.1. The monoisotopic (exact) mass is 343 g/mol.